The number of aryl methyl sites for hydroxylation is 1. The van der Waals surface area contributed by atoms with Gasteiger partial charge in [-0.15, -0.1) is 0 Å². The molecule has 0 spiro atoms. The van der Waals surface area contributed by atoms with E-state index in [-0.39, 0.29) is 19.1 Å². The summed E-state index contributed by atoms with van der Waals surface area (Å²) >= 11 is 11.8. The molecule has 0 unspecified atom stereocenters. The van der Waals surface area contributed by atoms with Crippen LogP contribution >= 0.6 is 23.2 Å². The number of carbonyl (C=O) groups is 1. The van der Waals surface area contributed by atoms with Crippen molar-refractivity contribution in [1.29, 1.82) is 0 Å². The number of halogens is 2. The Morgan fingerprint density at radius 2 is 1.92 bits per heavy atom. The number of rotatable bonds is 6. The van der Waals surface area contributed by atoms with Gasteiger partial charge in [-0.2, -0.15) is 4.98 Å². The molecule has 1 aromatic heterocycles. The lowest BCUT2D eigenvalue weighted by Crippen LogP contribution is -2.15. The van der Waals surface area contributed by atoms with Crippen molar-refractivity contribution >= 4 is 29.2 Å². The van der Waals surface area contributed by atoms with Crippen LogP contribution in [-0.4, -0.2) is 22.7 Å². The van der Waals surface area contributed by atoms with E-state index in [0.29, 0.717) is 21.6 Å². The van der Waals surface area contributed by atoms with Gasteiger partial charge in [0, 0.05) is 10.6 Å². The lowest BCUT2D eigenvalue weighted by Gasteiger charge is -2.08. The van der Waals surface area contributed by atoms with E-state index in [1.165, 1.54) is 0 Å². The number of ether oxygens (including phenoxy) is 2. The van der Waals surface area contributed by atoms with Crippen molar-refractivity contribution in [3.63, 3.8) is 0 Å². The summed E-state index contributed by atoms with van der Waals surface area (Å²) in [5, 5.41) is 4.87. The minimum absolute atomic E-state index is 0.148. The highest BCUT2D eigenvalue weighted by Gasteiger charge is 2.12. The Labute approximate surface area is 159 Å². The first kappa shape index (κ1) is 18.2. The molecule has 0 atom stereocenters. The van der Waals surface area contributed by atoms with E-state index in [1.807, 2.05) is 13.0 Å². The van der Waals surface area contributed by atoms with E-state index in [2.05, 4.69) is 10.1 Å². The summed E-state index contributed by atoms with van der Waals surface area (Å²) in [6.07, 6.45) is 0. The van der Waals surface area contributed by atoms with E-state index in [9.17, 15) is 4.79 Å². The van der Waals surface area contributed by atoms with E-state index in [4.69, 9.17) is 37.2 Å². The van der Waals surface area contributed by atoms with Gasteiger partial charge < -0.3 is 14.0 Å². The first-order valence-electron chi connectivity index (χ1n) is 7.64. The van der Waals surface area contributed by atoms with Gasteiger partial charge in [0.1, 0.15) is 5.75 Å². The van der Waals surface area contributed by atoms with Crippen LogP contribution < -0.4 is 4.74 Å². The molecule has 1 heterocycles. The van der Waals surface area contributed by atoms with E-state index in [1.54, 1.807) is 36.4 Å². The number of carbonyl (C=O) groups excluding carboxylic acids is 1. The first-order chi connectivity index (χ1) is 12.5. The molecule has 0 saturated heterocycles. The highest BCUT2D eigenvalue weighted by molar-refractivity contribution is 6.32. The zero-order valence-corrected chi connectivity index (χ0v) is 15.3. The third-order valence-corrected chi connectivity index (χ3v) is 3.92. The van der Waals surface area contributed by atoms with Crippen LogP contribution in [0.5, 0.6) is 5.75 Å². The van der Waals surface area contributed by atoms with Gasteiger partial charge >= 0.3 is 5.97 Å². The van der Waals surface area contributed by atoms with E-state index < -0.39 is 5.97 Å². The molecule has 26 heavy (non-hydrogen) atoms. The van der Waals surface area contributed by atoms with Crippen molar-refractivity contribution in [2.75, 3.05) is 6.61 Å². The molecular weight excluding hydrogens is 379 g/mol. The SMILES string of the molecule is Cc1ccc(Cl)c(OCC(=O)OCc2nc(-c3ccc(Cl)cc3)no2)c1. The predicted molar refractivity (Wildman–Crippen MR) is 96.2 cm³/mol. The molecule has 0 aliphatic rings. The van der Waals surface area contributed by atoms with Gasteiger partial charge in [0.15, 0.2) is 13.2 Å². The fourth-order valence-corrected chi connectivity index (χ4v) is 2.37. The third-order valence-electron chi connectivity index (χ3n) is 3.36. The molecule has 134 valence electrons. The lowest BCUT2D eigenvalue weighted by molar-refractivity contribution is -0.148. The summed E-state index contributed by atoms with van der Waals surface area (Å²) in [6.45, 7) is 1.47. The third kappa shape index (κ3) is 4.74. The monoisotopic (exact) mass is 392 g/mol. The molecule has 0 aliphatic carbocycles. The van der Waals surface area contributed by atoms with Gasteiger partial charge in [-0.25, -0.2) is 4.79 Å². The normalized spacial score (nSPS) is 10.6. The van der Waals surface area contributed by atoms with E-state index in [0.717, 1.165) is 11.1 Å². The van der Waals surface area contributed by atoms with Gasteiger partial charge in [0.2, 0.25) is 5.82 Å². The molecule has 6 nitrogen and oxygen atoms in total. The van der Waals surface area contributed by atoms with Gasteiger partial charge in [-0.3, -0.25) is 0 Å². The molecule has 0 bridgehead atoms. The molecule has 0 N–H and O–H groups in total. The van der Waals surface area contributed by atoms with Crippen LogP contribution in [0.1, 0.15) is 11.5 Å². The van der Waals surface area contributed by atoms with Crippen LogP contribution in [0.15, 0.2) is 47.0 Å². The Kier molecular flexibility index (Phi) is 5.75. The van der Waals surface area contributed by atoms with Crippen molar-refractivity contribution < 1.29 is 18.8 Å². The van der Waals surface area contributed by atoms with Crippen LogP contribution in [0, 0.1) is 6.92 Å². The Bertz CT molecular complexity index is 910. The number of benzene rings is 2. The second-order valence-electron chi connectivity index (χ2n) is 5.40. The average Bonchev–Trinajstić information content (AvgIpc) is 3.10. The minimum Gasteiger partial charge on any atom is -0.480 e. The van der Waals surface area contributed by atoms with Crippen molar-refractivity contribution in [3.05, 3.63) is 64.0 Å². The smallest absolute Gasteiger partial charge is 0.344 e. The molecule has 0 amide bonds. The summed E-state index contributed by atoms with van der Waals surface area (Å²) in [5.41, 5.74) is 1.71. The predicted octanol–water partition coefficient (Wildman–Crippen LogP) is 4.47. The number of esters is 1. The summed E-state index contributed by atoms with van der Waals surface area (Å²) in [4.78, 5) is 16.0. The van der Waals surface area contributed by atoms with Crippen LogP contribution in [0.25, 0.3) is 11.4 Å². The Balaban J connectivity index is 1.52. The molecule has 0 saturated carbocycles. The van der Waals surface area contributed by atoms with Crippen LogP contribution in [0.2, 0.25) is 10.0 Å². The number of hydrogen-bond acceptors (Lipinski definition) is 6. The summed E-state index contributed by atoms with van der Waals surface area (Å²) in [5.74, 6) is 0.410. The number of hydrogen-bond donors (Lipinski definition) is 0. The van der Waals surface area contributed by atoms with Crippen molar-refractivity contribution in [1.82, 2.24) is 10.1 Å². The minimum atomic E-state index is -0.575. The second kappa shape index (κ2) is 8.21. The van der Waals surface area contributed by atoms with Crippen molar-refractivity contribution in [2.45, 2.75) is 13.5 Å². The standard InChI is InChI=1S/C18H14Cl2N2O4/c1-11-2-7-14(20)15(8-11)24-10-17(23)25-9-16-21-18(22-26-16)12-3-5-13(19)6-4-12/h2-8H,9-10H2,1H3. The summed E-state index contributed by atoms with van der Waals surface area (Å²) in [6, 6.07) is 12.3. The van der Waals surface area contributed by atoms with Gasteiger partial charge in [0.05, 0.1) is 5.02 Å². The maximum Gasteiger partial charge on any atom is 0.344 e. The fourth-order valence-electron chi connectivity index (χ4n) is 2.07. The second-order valence-corrected chi connectivity index (χ2v) is 6.25. The maximum atomic E-state index is 11.8. The zero-order valence-electron chi connectivity index (χ0n) is 13.7. The average molecular weight is 393 g/mol. The number of nitrogens with zero attached hydrogens (tertiary/aromatic N) is 2. The lowest BCUT2D eigenvalue weighted by atomic mass is 10.2. The van der Waals surface area contributed by atoms with Crippen LogP contribution in [0.3, 0.4) is 0 Å². The summed E-state index contributed by atoms with van der Waals surface area (Å²) < 4.78 is 15.5. The Morgan fingerprint density at radius 3 is 2.69 bits per heavy atom. The van der Waals surface area contributed by atoms with Gasteiger partial charge in [-0.05, 0) is 48.9 Å². The fraction of sp³-hybridized carbons (Fsp3) is 0.167. The van der Waals surface area contributed by atoms with E-state index >= 15 is 0 Å². The maximum absolute atomic E-state index is 11.8. The summed E-state index contributed by atoms with van der Waals surface area (Å²) in [7, 11) is 0. The molecule has 2 aromatic carbocycles. The van der Waals surface area contributed by atoms with Crippen LogP contribution in [-0.2, 0) is 16.1 Å². The molecular formula is C18H14Cl2N2O4. The molecule has 8 heteroatoms. The quantitative estimate of drug-likeness (QED) is 0.575. The molecule has 0 fully saturated rings. The topological polar surface area (TPSA) is 74.5 Å². The zero-order chi connectivity index (χ0) is 18.5. The first-order valence-corrected chi connectivity index (χ1v) is 8.40. The molecule has 0 radical (unpaired) electrons. The Hall–Kier alpha value is -2.57. The largest absolute Gasteiger partial charge is 0.480 e. The highest BCUT2D eigenvalue weighted by Crippen LogP contribution is 2.25. The van der Waals surface area contributed by atoms with Gasteiger partial charge in [-0.1, -0.05) is 34.4 Å². The van der Waals surface area contributed by atoms with Crippen molar-refractivity contribution in [2.24, 2.45) is 0 Å². The number of aromatic nitrogens is 2. The highest BCUT2D eigenvalue weighted by atomic mass is 35.5. The molecule has 3 aromatic rings. The molecule has 3 rings (SSSR count). The van der Waals surface area contributed by atoms with Crippen molar-refractivity contribution in [3.8, 4) is 17.1 Å². The van der Waals surface area contributed by atoms with Crippen LogP contribution in [0.4, 0.5) is 0 Å². The Morgan fingerprint density at radius 1 is 1.15 bits per heavy atom. The molecule has 0 aliphatic heterocycles. The van der Waals surface area contributed by atoms with Gasteiger partial charge in [0.25, 0.3) is 5.89 Å².